The molecule has 4 nitrogen and oxygen atoms in total. The first-order valence-electron chi connectivity index (χ1n) is 7.34. The van der Waals surface area contributed by atoms with Gasteiger partial charge >= 0.3 is 5.97 Å². The molecular weight excluding hydrogens is 292 g/mol. The highest BCUT2D eigenvalue weighted by molar-refractivity contribution is 5.94. The smallest absolute Gasteiger partial charge is 0.309 e. The van der Waals surface area contributed by atoms with Gasteiger partial charge in [0.2, 0.25) is 0 Å². The van der Waals surface area contributed by atoms with Gasteiger partial charge in [0.25, 0.3) is 5.91 Å². The summed E-state index contributed by atoms with van der Waals surface area (Å²) in [6.45, 7) is 0.245. The van der Waals surface area contributed by atoms with E-state index in [1.165, 1.54) is 7.11 Å². The third kappa shape index (κ3) is 3.81. The number of halogens is 2. The van der Waals surface area contributed by atoms with Gasteiger partial charge in [0.05, 0.1) is 18.6 Å². The van der Waals surface area contributed by atoms with E-state index in [2.05, 4.69) is 5.32 Å². The number of esters is 1. The van der Waals surface area contributed by atoms with Gasteiger partial charge in [0.15, 0.2) is 0 Å². The third-order valence-corrected chi connectivity index (χ3v) is 4.11. The Bertz CT molecular complexity index is 562. The quantitative estimate of drug-likeness (QED) is 0.870. The number of methoxy groups -OCH3 is 1. The summed E-state index contributed by atoms with van der Waals surface area (Å²) in [7, 11) is 1.34. The summed E-state index contributed by atoms with van der Waals surface area (Å²) in [6, 6.07) is 2.74. The van der Waals surface area contributed by atoms with Gasteiger partial charge in [0.1, 0.15) is 11.6 Å². The Morgan fingerprint density at radius 3 is 2.73 bits per heavy atom. The summed E-state index contributed by atoms with van der Waals surface area (Å²) >= 11 is 0. The minimum Gasteiger partial charge on any atom is -0.469 e. The van der Waals surface area contributed by atoms with E-state index in [0.717, 1.165) is 43.9 Å². The van der Waals surface area contributed by atoms with Crippen LogP contribution in [-0.2, 0) is 9.53 Å². The van der Waals surface area contributed by atoms with Gasteiger partial charge in [-0.25, -0.2) is 8.78 Å². The molecule has 1 aromatic carbocycles. The highest BCUT2D eigenvalue weighted by Crippen LogP contribution is 2.30. The van der Waals surface area contributed by atoms with Crippen LogP contribution >= 0.6 is 0 Å². The van der Waals surface area contributed by atoms with Crippen LogP contribution in [0.1, 0.15) is 36.0 Å². The predicted molar refractivity (Wildman–Crippen MR) is 76.2 cm³/mol. The molecule has 0 aliphatic heterocycles. The lowest BCUT2D eigenvalue weighted by Gasteiger charge is -2.29. The van der Waals surface area contributed by atoms with Crippen LogP contribution in [0.15, 0.2) is 18.2 Å². The zero-order chi connectivity index (χ0) is 16.1. The topological polar surface area (TPSA) is 55.4 Å². The van der Waals surface area contributed by atoms with E-state index in [4.69, 9.17) is 4.74 Å². The molecular formula is C16H19F2NO3. The summed E-state index contributed by atoms with van der Waals surface area (Å²) in [5, 5.41) is 2.59. The van der Waals surface area contributed by atoms with Crippen molar-refractivity contribution < 1.29 is 23.1 Å². The third-order valence-electron chi connectivity index (χ3n) is 4.11. The normalized spacial score (nSPS) is 21.2. The van der Waals surface area contributed by atoms with Gasteiger partial charge in [-0.15, -0.1) is 0 Å². The molecule has 120 valence electrons. The molecule has 22 heavy (non-hydrogen) atoms. The molecule has 1 amide bonds. The van der Waals surface area contributed by atoms with Gasteiger partial charge in [-0.2, -0.15) is 0 Å². The van der Waals surface area contributed by atoms with E-state index in [-0.39, 0.29) is 29.9 Å². The molecule has 1 N–H and O–H groups in total. The maximum atomic E-state index is 13.5. The van der Waals surface area contributed by atoms with Crippen molar-refractivity contribution in [1.82, 2.24) is 5.32 Å². The van der Waals surface area contributed by atoms with E-state index < -0.39 is 17.5 Å². The van der Waals surface area contributed by atoms with Crippen LogP contribution in [0.2, 0.25) is 0 Å². The van der Waals surface area contributed by atoms with Crippen LogP contribution in [-0.4, -0.2) is 25.5 Å². The van der Waals surface area contributed by atoms with Gasteiger partial charge in [-0.1, -0.05) is 12.8 Å². The fourth-order valence-corrected chi connectivity index (χ4v) is 2.90. The number of carbonyl (C=O) groups is 2. The van der Waals surface area contributed by atoms with Crippen LogP contribution in [0.3, 0.4) is 0 Å². The van der Waals surface area contributed by atoms with Crippen LogP contribution in [0.25, 0.3) is 0 Å². The Kier molecular flexibility index (Phi) is 5.46. The minimum atomic E-state index is -0.771. The van der Waals surface area contributed by atoms with Crippen LogP contribution < -0.4 is 5.32 Å². The molecule has 0 heterocycles. The SMILES string of the molecule is COC(=O)C1CCCCC1CNC(=O)c1cc(F)ccc1F. The number of rotatable bonds is 4. The summed E-state index contributed by atoms with van der Waals surface area (Å²) in [5.41, 5.74) is -0.328. The van der Waals surface area contributed by atoms with Gasteiger partial charge in [-0.3, -0.25) is 9.59 Å². The molecule has 0 spiro atoms. The maximum Gasteiger partial charge on any atom is 0.309 e. The van der Waals surface area contributed by atoms with Crippen LogP contribution in [0.5, 0.6) is 0 Å². The molecule has 1 saturated carbocycles. The van der Waals surface area contributed by atoms with Crippen LogP contribution in [0, 0.1) is 23.5 Å². The lowest BCUT2D eigenvalue weighted by atomic mass is 9.79. The molecule has 0 saturated heterocycles. The van der Waals surface area contributed by atoms with Crippen molar-refractivity contribution in [3.8, 4) is 0 Å². The Hall–Kier alpha value is -1.98. The summed E-state index contributed by atoms with van der Waals surface area (Å²) < 4.78 is 31.4. The van der Waals surface area contributed by atoms with E-state index in [0.29, 0.717) is 0 Å². The van der Waals surface area contributed by atoms with Crippen molar-refractivity contribution in [3.63, 3.8) is 0 Å². The lowest BCUT2D eigenvalue weighted by molar-refractivity contribution is -0.148. The van der Waals surface area contributed by atoms with E-state index in [9.17, 15) is 18.4 Å². The zero-order valence-corrected chi connectivity index (χ0v) is 12.4. The summed E-state index contributed by atoms with van der Waals surface area (Å²) in [6.07, 6.45) is 3.44. The van der Waals surface area contributed by atoms with Gasteiger partial charge in [-0.05, 0) is 37.0 Å². The number of nitrogens with one attached hydrogen (secondary N) is 1. The number of carbonyl (C=O) groups excluding carboxylic acids is 2. The first kappa shape index (κ1) is 16.4. The molecule has 6 heteroatoms. The standard InChI is InChI=1S/C16H19F2NO3/c1-22-16(21)12-5-3-2-4-10(12)9-19-15(20)13-8-11(17)6-7-14(13)18/h6-8,10,12H,2-5,9H2,1H3,(H,19,20). The second-order valence-electron chi connectivity index (χ2n) is 5.51. The molecule has 0 radical (unpaired) electrons. The summed E-state index contributed by atoms with van der Waals surface area (Å²) in [4.78, 5) is 23.7. The Labute approximate surface area is 127 Å². The lowest BCUT2D eigenvalue weighted by Crippen LogP contribution is -2.37. The highest BCUT2D eigenvalue weighted by Gasteiger charge is 2.32. The van der Waals surface area contributed by atoms with Crippen molar-refractivity contribution in [2.45, 2.75) is 25.7 Å². The first-order valence-corrected chi connectivity index (χ1v) is 7.34. The largest absolute Gasteiger partial charge is 0.469 e. The fourth-order valence-electron chi connectivity index (χ4n) is 2.90. The molecule has 2 rings (SSSR count). The number of ether oxygens (including phenoxy) is 1. The van der Waals surface area contributed by atoms with E-state index in [1.54, 1.807) is 0 Å². The number of benzene rings is 1. The predicted octanol–water partition coefficient (Wildman–Crippen LogP) is 2.67. The fraction of sp³-hybridized carbons (Fsp3) is 0.500. The molecule has 0 bridgehead atoms. The average molecular weight is 311 g/mol. The second-order valence-corrected chi connectivity index (χ2v) is 5.51. The maximum absolute atomic E-state index is 13.5. The van der Waals surface area contributed by atoms with E-state index >= 15 is 0 Å². The average Bonchev–Trinajstić information content (AvgIpc) is 2.54. The Morgan fingerprint density at radius 1 is 1.27 bits per heavy atom. The number of amides is 1. The van der Waals surface area contributed by atoms with Crippen molar-refractivity contribution in [2.24, 2.45) is 11.8 Å². The first-order chi connectivity index (χ1) is 10.5. The summed E-state index contributed by atoms with van der Waals surface area (Å²) in [5.74, 6) is -2.69. The van der Waals surface area contributed by atoms with Crippen molar-refractivity contribution in [2.75, 3.05) is 13.7 Å². The molecule has 1 fully saturated rings. The van der Waals surface area contributed by atoms with Crippen molar-refractivity contribution in [1.29, 1.82) is 0 Å². The monoisotopic (exact) mass is 311 g/mol. The van der Waals surface area contributed by atoms with Crippen molar-refractivity contribution in [3.05, 3.63) is 35.4 Å². The van der Waals surface area contributed by atoms with Gasteiger partial charge in [0, 0.05) is 6.54 Å². The number of hydrogen-bond donors (Lipinski definition) is 1. The Balaban J connectivity index is 2.00. The molecule has 1 aliphatic rings. The van der Waals surface area contributed by atoms with Crippen LogP contribution in [0.4, 0.5) is 8.78 Å². The van der Waals surface area contributed by atoms with Gasteiger partial charge < -0.3 is 10.1 Å². The second kappa shape index (κ2) is 7.33. The van der Waals surface area contributed by atoms with E-state index in [1.807, 2.05) is 0 Å². The zero-order valence-electron chi connectivity index (χ0n) is 12.4. The molecule has 1 aromatic rings. The molecule has 0 aromatic heterocycles. The highest BCUT2D eigenvalue weighted by atomic mass is 19.1. The van der Waals surface area contributed by atoms with Crippen molar-refractivity contribution >= 4 is 11.9 Å². The molecule has 2 unspecified atom stereocenters. The molecule has 1 aliphatic carbocycles. The molecule has 2 atom stereocenters. The number of hydrogen-bond acceptors (Lipinski definition) is 3. The Morgan fingerprint density at radius 2 is 2.00 bits per heavy atom. The minimum absolute atomic E-state index is 0.0400.